The average molecular weight is 302 g/mol. The first-order valence-corrected chi connectivity index (χ1v) is 8.04. The number of likely N-dealkylation sites (tertiary alicyclic amines) is 1. The van der Waals surface area contributed by atoms with Crippen LogP contribution < -0.4 is 0 Å². The van der Waals surface area contributed by atoms with Gasteiger partial charge in [-0.3, -0.25) is 0 Å². The molecular weight excluding hydrogens is 276 g/mol. The first-order chi connectivity index (χ1) is 8.99. The molecule has 116 valence electrons. The molecule has 1 rings (SSSR count). The molecule has 0 aromatic rings. The second-order valence-electron chi connectivity index (χ2n) is 7.09. The van der Waals surface area contributed by atoms with Crippen LogP contribution in [-0.2, 0) is 15.7 Å². The summed E-state index contributed by atoms with van der Waals surface area (Å²) >= 11 is 0. The zero-order valence-electron chi connectivity index (χ0n) is 13.3. The average Bonchev–Trinajstić information content (AvgIpc) is 2.70. The molecule has 1 aliphatic heterocycles. The number of rotatable bonds is 2. The second kappa shape index (κ2) is 6.24. The zero-order chi connectivity index (χ0) is 15.6. The standard InChI is InChI=1S/C14H26N2O3S/c1-13(2,3)19-12(17)16-8-7-11(10-16)9-15-20(18)14(4,5)6/h9,11H,7-8,10H2,1-6H3/t11-,20-/m1/s1. The predicted octanol–water partition coefficient (Wildman–Crippen LogP) is 2.78. The van der Waals surface area contributed by atoms with E-state index in [1.165, 1.54) is 0 Å². The fourth-order valence-electron chi connectivity index (χ4n) is 1.70. The van der Waals surface area contributed by atoms with Crippen molar-refractivity contribution < 1.29 is 13.7 Å². The van der Waals surface area contributed by atoms with Gasteiger partial charge in [-0.05, 0) is 48.0 Å². The van der Waals surface area contributed by atoms with Crippen molar-refractivity contribution in [1.29, 1.82) is 0 Å². The Morgan fingerprint density at radius 3 is 2.40 bits per heavy atom. The van der Waals surface area contributed by atoms with Crippen molar-refractivity contribution in [3.63, 3.8) is 0 Å². The van der Waals surface area contributed by atoms with Gasteiger partial charge in [0.2, 0.25) is 0 Å². The van der Waals surface area contributed by atoms with Gasteiger partial charge in [-0.25, -0.2) is 9.00 Å². The molecule has 0 unspecified atom stereocenters. The normalized spacial score (nSPS) is 22.3. The van der Waals surface area contributed by atoms with Crippen LogP contribution in [0.4, 0.5) is 4.79 Å². The third-order valence-corrected chi connectivity index (χ3v) is 4.13. The number of hydrogen-bond acceptors (Lipinski definition) is 3. The molecule has 0 saturated carbocycles. The summed E-state index contributed by atoms with van der Waals surface area (Å²) in [6.45, 7) is 12.5. The highest BCUT2D eigenvalue weighted by atomic mass is 32.2. The van der Waals surface area contributed by atoms with Crippen molar-refractivity contribution in [2.45, 2.75) is 58.3 Å². The zero-order valence-corrected chi connectivity index (χ0v) is 14.1. The molecule has 0 spiro atoms. The van der Waals surface area contributed by atoms with Gasteiger partial charge in [0.15, 0.2) is 0 Å². The van der Waals surface area contributed by atoms with Crippen LogP contribution in [-0.4, -0.2) is 44.9 Å². The number of nitrogens with zero attached hydrogens (tertiary/aromatic N) is 2. The minimum absolute atomic E-state index is 0.161. The Bertz CT molecular complexity index is 408. The Morgan fingerprint density at radius 2 is 1.90 bits per heavy atom. The van der Waals surface area contributed by atoms with Crippen LogP contribution in [0.5, 0.6) is 0 Å². The molecule has 0 aromatic carbocycles. The summed E-state index contributed by atoms with van der Waals surface area (Å²) in [7, 11) is -1.24. The van der Waals surface area contributed by atoms with Crippen molar-refractivity contribution in [1.82, 2.24) is 4.90 Å². The molecule has 2 atom stereocenters. The van der Waals surface area contributed by atoms with Gasteiger partial charge in [-0.1, -0.05) is 0 Å². The van der Waals surface area contributed by atoms with Gasteiger partial charge in [0.25, 0.3) is 0 Å². The molecule has 6 heteroatoms. The van der Waals surface area contributed by atoms with Crippen LogP contribution in [0.1, 0.15) is 48.0 Å². The molecule has 0 aromatic heterocycles. The lowest BCUT2D eigenvalue weighted by molar-refractivity contribution is 0.0292. The number of hydrogen-bond donors (Lipinski definition) is 0. The van der Waals surface area contributed by atoms with Gasteiger partial charge in [0, 0.05) is 25.2 Å². The van der Waals surface area contributed by atoms with Gasteiger partial charge in [-0.15, -0.1) is 0 Å². The smallest absolute Gasteiger partial charge is 0.410 e. The van der Waals surface area contributed by atoms with Gasteiger partial charge < -0.3 is 9.64 Å². The summed E-state index contributed by atoms with van der Waals surface area (Å²) in [5.41, 5.74) is -0.475. The molecule has 1 amide bonds. The predicted molar refractivity (Wildman–Crippen MR) is 82.3 cm³/mol. The summed E-state index contributed by atoms with van der Waals surface area (Å²) in [5, 5.41) is 0. The van der Waals surface area contributed by atoms with E-state index in [1.807, 2.05) is 41.5 Å². The van der Waals surface area contributed by atoms with E-state index in [0.717, 1.165) is 6.42 Å². The topological polar surface area (TPSA) is 59.0 Å². The van der Waals surface area contributed by atoms with Crippen LogP contribution in [0.3, 0.4) is 0 Å². The third-order valence-electron chi connectivity index (χ3n) is 2.77. The summed E-state index contributed by atoms with van der Waals surface area (Å²) in [6.07, 6.45) is 2.28. The van der Waals surface area contributed by atoms with Crippen LogP contribution >= 0.6 is 0 Å². The summed E-state index contributed by atoms with van der Waals surface area (Å²) in [5.74, 6) is 0.161. The van der Waals surface area contributed by atoms with E-state index < -0.39 is 16.6 Å². The van der Waals surface area contributed by atoms with Gasteiger partial charge in [-0.2, -0.15) is 4.40 Å². The molecule has 5 nitrogen and oxygen atoms in total. The molecular formula is C14H26N2O3S. The molecule has 1 heterocycles. The van der Waals surface area contributed by atoms with Crippen molar-refractivity contribution in [3.05, 3.63) is 0 Å². The van der Waals surface area contributed by atoms with Crippen LogP contribution in [0.15, 0.2) is 4.40 Å². The molecule has 20 heavy (non-hydrogen) atoms. The maximum atomic E-state index is 11.9. The number of carbonyl (C=O) groups excluding carboxylic acids is 1. The van der Waals surface area contributed by atoms with Crippen molar-refractivity contribution in [2.75, 3.05) is 13.1 Å². The lowest BCUT2D eigenvalue weighted by Gasteiger charge is -2.24. The minimum atomic E-state index is -1.24. The highest BCUT2D eigenvalue weighted by Crippen LogP contribution is 2.19. The maximum Gasteiger partial charge on any atom is 0.410 e. The Labute approximate surface area is 124 Å². The molecule has 0 bridgehead atoms. The van der Waals surface area contributed by atoms with Crippen molar-refractivity contribution in [2.24, 2.45) is 10.3 Å². The molecule has 0 aliphatic carbocycles. The van der Waals surface area contributed by atoms with E-state index in [4.69, 9.17) is 4.74 Å². The van der Waals surface area contributed by atoms with Crippen LogP contribution in [0.2, 0.25) is 0 Å². The van der Waals surface area contributed by atoms with Crippen molar-refractivity contribution in [3.8, 4) is 0 Å². The lowest BCUT2D eigenvalue weighted by atomic mass is 10.1. The van der Waals surface area contributed by atoms with E-state index in [2.05, 4.69) is 4.40 Å². The second-order valence-corrected chi connectivity index (χ2v) is 9.02. The van der Waals surface area contributed by atoms with E-state index in [0.29, 0.717) is 13.1 Å². The van der Waals surface area contributed by atoms with Crippen LogP contribution in [0.25, 0.3) is 0 Å². The fraction of sp³-hybridized carbons (Fsp3) is 0.857. The molecule has 1 fully saturated rings. The molecule has 0 N–H and O–H groups in total. The monoisotopic (exact) mass is 302 g/mol. The first-order valence-electron chi connectivity index (χ1n) is 6.93. The van der Waals surface area contributed by atoms with Crippen molar-refractivity contribution >= 4 is 23.3 Å². The molecule has 1 saturated heterocycles. The number of ether oxygens (including phenoxy) is 1. The minimum Gasteiger partial charge on any atom is -0.444 e. The SMILES string of the molecule is CC(C)(C)OC(=O)N1CC[C@H](C=N[S@](=O)C(C)(C)C)C1. The Kier molecular flexibility index (Phi) is 5.35. The van der Waals surface area contributed by atoms with Gasteiger partial charge in [0.05, 0.1) is 4.75 Å². The number of carbonyl (C=O) groups is 1. The summed E-state index contributed by atoms with van der Waals surface area (Å²) in [4.78, 5) is 13.6. The lowest BCUT2D eigenvalue weighted by Crippen LogP contribution is -2.35. The van der Waals surface area contributed by atoms with Gasteiger partial charge in [0.1, 0.15) is 16.6 Å². The van der Waals surface area contributed by atoms with E-state index in [-0.39, 0.29) is 16.8 Å². The fourth-order valence-corrected chi connectivity index (χ4v) is 2.30. The first kappa shape index (κ1) is 17.1. The van der Waals surface area contributed by atoms with E-state index >= 15 is 0 Å². The largest absolute Gasteiger partial charge is 0.444 e. The van der Waals surface area contributed by atoms with Crippen LogP contribution in [0, 0.1) is 5.92 Å². The highest BCUT2D eigenvalue weighted by Gasteiger charge is 2.29. The van der Waals surface area contributed by atoms with Gasteiger partial charge >= 0.3 is 6.09 Å². The van der Waals surface area contributed by atoms with E-state index in [9.17, 15) is 9.00 Å². The third kappa shape index (κ3) is 5.61. The molecule has 1 aliphatic rings. The Morgan fingerprint density at radius 1 is 1.30 bits per heavy atom. The highest BCUT2D eigenvalue weighted by molar-refractivity contribution is 7.85. The molecule has 0 radical (unpaired) electrons. The number of amides is 1. The summed E-state index contributed by atoms with van der Waals surface area (Å²) < 4.78 is 20.9. The summed E-state index contributed by atoms with van der Waals surface area (Å²) in [6, 6.07) is 0. The Hall–Kier alpha value is -0.910. The Balaban J connectivity index is 2.50. The maximum absolute atomic E-state index is 11.9. The quantitative estimate of drug-likeness (QED) is 0.737. The van der Waals surface area contributed by atoms with E-state index in [1.54, 1.807) is 11.1 Å².